The van der Waals surface area contributed by atoms with Gasteiger partial charge in [-0.05, 0) is 18.2 Å². The molecule has 0 aliphatic carbocycles. The van der Waals surface area contributed by atoms with E-state index in [4.69, 9.17) is 10.5 Å². The number of benzene rings is 2. The quantitative estimate of drug-likeness (QED) is 0.734. The van der Waals surface area contributed by atoms with Crippen LogP contribution in [0.2, 0.25) is 0 Å². The number of rotatable bonds is 5. The number of imide groups is 1. The van der Waals surface area contributed by atoms with Crippen molar-refractivity contribution >= 4 is 29.3 Å². The Morgan fingerprint density at radius 1 is 1.14 bits per heavy atom. The lowest BCUT2D eigenvalue weighted by molar-refractivity contribution is -0.158. The Morgan fingerprint density at radius 3 is 2.48 bits per heavy atom. The van der Waals surface area contributed by atoms with E-state index in [2.05, 4.69) is 5.32 Å². The molecule has 0 saturated heterocycles. The zero-order valence-corrected chi connectivity index (χ0v) is 15.1. The van der Waals surface area contributed by atoms with Crippen LogP contribution in [0.4, 0.5) is 14.5 Å². The predicted octanol–water partition coefficient (Wildman–Crippen LogP) is 1.51. The highest BCUT2D eigenvalue weighted by atomic mass is 19.3. The third-order valence-electron chi connectivity index (χ3n) is 4.32. The molecule has 0 bridgehead atoms. The van der Waals surface area contributed by atoms with Gasteiger partial charge < -0.3 is 15.8 Å². The SMILES string of the molecule is COc1c(NC(=O)CN2C(=O)c3ccccc3C(F)(F)C2=O)cccc1C(N)=O. The molecular weight excluding hydrogens is 388 g/mol. The van der Waals surface area contributed by atoms with Gasteiger partial charge in [-0.2, -0.15) is 8.78 Å². The maximum absolute atomic E-state index is 14.4. The summed E-state index contributed by atoms with van der Waals surface area (Å²) in [4.78, 5) is 48.7. The number of halogens is 2. The molecule has 0 spiro atoms. The second-order valence-corrected chi connectivity index (χ2v) is 6.12. The molecule has 0 unspecified atom stereocenters. The number of methoxy groups -OCH3 is 1. The van der Waals surface area contributed by atoms with Gasteiger partial charge in [-0.3, -0.25) is 24.1 Å². The van der Waals surface area contributed by atoms with Crippen LogP contribution in [0.3, 0.4) is 0 Å². The van der Waals surface area contributed by atoms with Gasteiger partial charge in [0.2, 0.25) is 5.91 Å². The first kappa shape index (κ1) is 19.9. The summed E-state index contributed by atoms with van der Waals surface area (Å²) < 4.78 is 33.9. The molecular formula is C19H15F2N3O5. The lowest BCUT2D eigenvalue weighted by Crippen LogP contribution is -2.52. The highest BCUT2D eigenvalue weighted by Crippen LogP contribution is 2.37. The second kappa shape index (κ2) is 7.30. The lowest BCUT2D eigenvalue weighted by Gasteiger charge is -2.31. The Kier molecular flexibility index (Phi) is 5.02. The molecule has 150 valence electrons. The molecule has 2 aromatic carbocycles. The maximum Gasteiger partial charge on any atom is 0.351 e. The van der Waals surface area contributed by atoms with Crippen LogP contribution in [0.1, 0.15) is 26.3 Å². The van der Waals surface area contributed by atoms with E-state index in [9.17, 15) is 28.0 Å². The molecule has 0 radical (unpaired) electrons. The number of hydrogen-bond acceptors (Lipinski definition) is 5. The summed E-state index contributed by atoms with van der Waals surface area (Å²) in [6, 6.07) is 8.97. The number of alkyl halides is 2. The number of fused-ring (bicyclic) bond motifs is 1. The molecule has 3 N–H and O–H groups in total. The summed E-state index contributed by atoms with van der Waals surface area (Å²) in [7, 11) is 1.24. The molecule has 0 atom stereocenters. The minimum Gasteiger partial charge on any atom is -0.494 e. The standard InChI is InChI=1S/C19H15F2N3O5/c1-29-15-11(16(22)26)6-4-8-13(15)23-14(25)9-24-17(27)10-5-2-3-7-12(10)19(20,21)18(24)28/h2-8H,9H2,1H3,(H2,22,26)(H,23,25). The number of carbonyl (C=O) groups is 4. The van der Waals surface area contributed by atoms with Crippen molar-refractivity contribution < 1.29 is 32.7 Å². The molecule has 0 aromatic heterocycles. The number of nitrogens with one attached hydrogen (secondary N) is 1. The van der Waals surface area contributed by atoms with E-state index >= 15 is 0 Å². The fourth-order valence-corrected chi connectivity index (χ4v) is 2.99. The van der Waals surface area contributed by atoms with Gasteiger partial charge in [-0.1, -0.05) is 24.3 Å². The second-order valence-electron chi connectivity index (χ2n) is 6.12. The largest absolute Gasteiger partial charge is 0.494 e. The Bertz CT molecular complexity index is 1040. The summed E-state index contributed by atoms with van der Waals surface area (Å²) in [5, 5.41) is 2.33. The minimum atomic E-state index is -3.95. The molecule has 4 amide bonds. The zero-order valence-electron chi connectivity index (χ0n) is 15.1. The van der Waals surface area contributed by atoms with Crippen molar-refractivity contribution in [2.45, 2.75) is 5.92 Å². The van der Waals surface area contributed by atoms with E-state index in [1.54, 1.807) is 0 Å². The fraction of sp³-hybridized carbons (Fsp3) is 0.158. The van der Waals surface area contributed by atoms with Gasteiger partial charge in [0.25, 0.3) is 11.8 Å². The first-order chi connectivity index (χ1) is 13.7. The van der Waals surface area contributed by atoms with Crippen molar-refractivity contribution in [3.63, 3.8) is 0 Å². The Hall–Kier alpha value is -3.82. The molecule has 2 aromatic rings. The number of ether oxygens (including phenoxy) is 1. The van der Waals surface area contributed by atoms with Crippen LogP contribution < -0.4 is 15.8 Å². The lowest BCUT2D eigenvalue weighted by atomic mass is 9.95. The molecule has 8 nitrogen and oxygen atoms in total. The van der Waals surface area contributed by atoms with Crippen molar-refractivity contribution in [2.24, 2.45) is 5.73 Å². The molecule has 29 heavy (non-hydrogen) atoms. The van der Waals surface area contributed by atoms with Crippen LogP contribution >= 0.6 is 0 Å². The van der Waals surface area contributed by atoms with Gasteiger partial charge in [-0.15, -0.1) is 0 Å². The number of nitrogens with zero attached hydrogens (tertiary/aromatic N) is 1. The Balaban J connectivity index is 1.87. The van der Waals surface area contributed by atoms with Gasteiger partial charge in [-0.25, -0.2) is 0 Å². The third-order valence-corrected chi connectivity index (χ3v) is 4.32. The van der Waals surface area contributed by atoms with E-state index < -0.39 is 41.7 Å². The van der Waals surface area contributed by atoms with E-state index in [0.717, 1.165) is 12.1 Å². The van der Waals surface area contributed by atoms with Crippen LogP contribution in [0.15, 0.2) is 42.5 Å². The van der Waals surface area contributed by atoms with Crippen LogP contribution in [-0.4, -0.2) is 42.2 Å². The zero-order chi connectivity index (χ0) is 21.3. The number of carbonyl (C=O) groups excluding carboxylic acids is 4. The topological polar surface area (TPSA) is 119 Å². The molecule has 0 fully saturated rings. The summed E-state index contributed by atoms with van der Waals surface area (Å²) >= 11 is 0. The van der Waals surface area contributed by atoms with Crippen LogP contribution in [0.25, 0.3) is 0 Å². The van der Waals surface area contributed by atoms with Gasteiger partial charge in [0.1, 0.15) is 6.54 Å². The summed E-state index contributed by atoms with van der Waals surface area (Å²) in [5.74, 6) is -8.55. The van der Waals surface area contributed by atoms with Gasteiger partial charge in [0.15, 0.2) is 5.75 Å². The van der Waals surface area contributed by atoms with E-state index in [1.165, 1.54) is 37.4 Å². The summed E-state index contributed by atoms with van der Waals surface area (Å²) in [5.41, 5.74) is 4.18. The average Bonchev–Trinajstić information content (AvgIpc) is 2.69. The molecule has 1 heterocycles. The Morgan fingerprint density at radius 2 is 1.83 bits per heavy atom. The number of anilines is 1. The van der Waals surface area contributed by atoms with Crippen LogP contribution in [0, 0.1) is 0 Å². The van der Waals surface area contributed by atoms with Gasteiger partial charge in [0.05, 0.1) is 18.4 Å². The molecule has 1 aliphatic rings. The van der Waals surface area contributed by atoms with E-state index in [0.29, 0.717) is 0 Å². The first-order valence-electron chi connectivity index (χ1n) is 8.28. The number of nitrogens with two attached hydrogens (primary N) is 1. The Labute approximate surface area is 163 Å². The molecule has 10 heteroatoms. The highest BCUT2D eigenvalue weighted by Gasteiger charge is 2.52. The van der Waals surface area contributed by atoms with E-state index in [-0.39, 0.29) is 27.5 Å². The van der Waals surface area contributed by atoms with Crippen molar-refractivity contribution in [1.82, 2.24) is 4.90 Å². The number of hydrogen-bond donors (Lipinski definition) is 2. The number of para-hydroxylation sites is 1. The maximum atomic E-state index is 14.4. The number of primary amides is 1. The van der Waals surface area contributed by atoms with E-state index in [1.807, 2.05) is 0 Å². The molecule has 3 rings (SSSR count). The summed E-state index contributed by atoms with van der Waals surface area (Å²) in [6.07, 6.45) is 0. The first-order valence-corrected chi connectivity index (χ1v) is 8.28. The van der Waals surface area contributed by atoms with Gasteiger partial charge in [0, 0.05) is 11.1 Å². The normalized spacial score (nSPS) is 14.9. The summed E-state index contributed by atoms with van der Waals surface area (Å²) in [6.45, 7) is -0.953. The van der Waals surface area contributed by atoms with Crippen molar-refractivity contribution in [2.75, 3.05) is 19.0 Å². The van der Waals surface area contributed by atoms with Crippen molar-refractivity contribution in [1.29, 1.82) is 0 Å². The third kappa shape index (κ3) is 3.40. The smallest absolute Gasteiger partial charge is 0.351 e. The predicted molar refractivity (Wildman–Crippen MR) is 96.5 cm³/mol. The molecule has 1 aliphatic heterocycles. The molecule has 0 saturated carbocycles. The minimum absolute atomic E-state index is 0.0177. The van der Waals surface area contributed by atoms with Crippen LogP contribution in [-0.2, 0) is 15.5 Å². The number of amides is 4. The average molecular weight is 403 g/mol. The van der Waals surface area contributed by atoms with Crippen molar-refractivity contribution in [3.05, 3.63) is 59.2 Å². The van der Waals surface area contributed by atoms with Crippen LogP contribution in [0.5, 0.6) is 5.75 Å². The highest BCUT2D eigenvalue weighted by molar-refractivity contribution is 6.14. The monoisotopic (exact) mass is 403 g/mol. The fourth-order valence-electron chi connectivity index (χ4n) is 2.99. The van der Waals surface area contributed by atoms with Crippen molar-refractivity contribution in [3.8, 4) is 5.75 Å². The van der Waals surface area contributed by atoms with Gasteiger partial charge >= 0.3 is 11.8 Å².